The lowest BCUT2D eigenvalue weighted by Crippen LogP contribution is -2.49. The largest absolute Gasteiger partial charge is 0.459 e. The summed E-state index contributed by atoms with van der Waals surface area (Å²) in [6.45, 7) is 4.05. The lowest BCUT2D eigenvalue weighted by molar-refractivity contribution is 0.0714. The van der Waals surface area contributed by atoms with Gasteiger partial charge in [-0.25, -0.2) is 13.8 Å². The Morgan fingerprint density at radius 3 is 2.59 bits per heavy atom. The molecule has 1 saturated heterocycles. The van der Waals surface area contributed by atoms with Crippen molar-refractivity contribution < 1.29 is 18.0 Å². The number of halogens is 2. The Morgan fingerprint density at radius 2 is 1.90 bits per heavy atom. The number of benzene rings is 1. The number of piperazine rings is 1. The van der Waals surface area contributed by atoms with Crippen LogP contribution >= 0.6 is 0 Å². The summed E-state index contributed by atoms with van der Waals surface area (Å²) >= 11 is 0. The standard InChI is InChI=1S/C20H19F2N5O2/c1-13-11-18(25-20(23-13)24-16-5-4-14(21)12-15(16)22)26-6-8-27(9-7-26)19(28)17-3-2-10-29-17/h2-5,10-12H,6-9H2,1H3,(H,23,24,25). The van der Waals surface area contributed by atoms with Gasteiger partial charge in [0.25, 0.3) is 5.91 Å². The smallest absolute Gasteiger partial charge is 0.289 e. The van der Waals surface area contributed by atoms with Crippen molar-refractivity contribution in [2.24, 2.45) is 0 Å². The highest BCUT2D eigenvalue weighted by Crippen LogP contribution is 2.22. The number of carbonyl (C=O) groups excluding carboxylic acids is 1. The number of hydrogen-bond acceptors (Lipinski definition) is 6. The first-order valence-electron chi connectivity index (χ1n) is 9.15. The lowest BCUT2D eigenvalue weighted by atomic mass is 10.2. The van der Waals surface area contributed by atoms with E-state index >= 15 is 0 Å². The van der Waals surface area contributed by atoms with E-state index in [1.165, 1.54) is 12.3 Å². The number of carbonyl (C=O) groups is 1. The Hall–Kier alpha value is -3.49. The highest BCUT2D eigenvalue weighted by Gasteiger charge is 2.24. The first-order valence-corrected chi connectivity index (χ1v) is 9.15. The average Bonchev–Trinajstić information content (AvgIpc) is 3.24. The molecule has 3 aromatic rings. The molecule has 1 aliphatic heterocycles. The third-order valence-corrected chi connectivity index (χ3v) is 4.64. The minimum absolute atomic E-state index is 0.0943. The van der Waals surface area contributed by atoms with Gasteiger partial charge in [-0.1, -0.05) is 0 Å². The monoisotopic (exact) mass is 399 g/mol. The third kappa shape index (κ3) is 4.18. The van der Waals surface area contributed by atoms with Gasteiger partial charge < -0.3 is 19.5 Å². The van der Waals surface area contributed by atoms with Gasteiger partial charge in [0.1, 0.15) is 17.5 Å². The van der Waals surface area contributed by atoms with E-state index in [1.54, 1.807) is 17.0 Å². The van der Waals surface area contributed by atoms with Crippen LogP contribution in [0.25, 0.3) is 0 Å². The Labute approximate surface area is 166 Å². The zero-order chi connectivity index (χ0) is 20.4. The maximum Gasteiger partial charge on any atom is 0.289 e. The molecule has 1 N–H and O–H groups in total. The summed E-state index contributed by atoms with van der Waals surface area (Å²) < 4.78 is 32.2. The van der Waals surface area contributed by atoms with Crippen LogP contribution in [-0.4, -0.2) is 47.0 Å². The van der Waals surface area contributed by atoms with Crippen molar-refractivity contribution in [3.8, 4) is 0 Å². The fourth-order valence-electron chi connectivity index (χ4n) is 3.18. The van der Waals surface area contributed by atoms with E-state index in [2.05, 4.69) is 15.3 Å². The molecule has 0 radical (unpaired) electrons. The molecule has 1 fully saturated rings. The van der Waals surface area contributed by atoms with Gasteiger partial charge in [-0.3, -0.25) is 4.79 Å². The van der Waals surface area contributed by atoms with Crippen molar-refractivity contribution in [1.29, 1.82) is 0 Å². The molecule has 0 saturated carbocycles. The van der Waals surface area contributed by atoms with Gasteiger partial charge in [-0.05, 0) is 31.2 Å². The van der Waals surface area contributed by atoms with Crippen LogP contribution < -0.4 is 10.2 Å². The molecular weight excluding hydrogens is 380 g/mol. The van der Waals surface area contributed by atoms with Gasteiger partial charge in [0.05, 0.1) is 12.0 Å². The third-order valence-electron chi connectivity index (χ3n) is 4.64. The molecule has 150 valence electrons. The molecule has 0 atom stereocenters. The van der Waals surface area contributed by atoms with Crippen LogP contribution in [0.3, 0.4) is 0 Å². The molecule has 4 rings (SSSR count). The molecule has 9 heteroatoms. The number of furan rings is 1. The summed E-state index contributed by atoms with van der Waals surface area (Å²) in [5.74, 6) is -0.290. The second-order valence-electron chi connectivity index (χ2n) is 6.70. The van der Waals surface area contributed by atoms with Crippen LogP contribution in [0.15, 0.2) is 47.1 Å². The number of anilines is 3. The number of amides is 1. The van der Waals surface area contributed by atoms with Crippen LogP contribution in [0.2, 0.25) is 0 Å². The van der Waals surface area contributed by atoms with Crippen molar-refractivity contribution >= 4 is 23.4 Å². The van der Waals surface area contributed by atoms with Crippen LogP contribution in [0.5, 0.6) is 0 Å². The summed E-state index contributed by atoms with van der Waals surface area (Å²) in [6, 6.07) is 8.43. The van der Waals surface area contributed by atoms with Crippen LogP contribution in [0, 0.1) is 18.6 Å². The zero-order valence-electron chi connectivity index (χ0n) is 15.7. The average molecular weight is 399 g/mol. The summed E-state index contributed by atoms with van der Waals surface area (Å²) in [5, 5.41) is 2.80. The Kier molecular flexibility index (Phi) is 5.11. The van der Waals surface area contributed by atoms with Crippen LogP contribution in [-0.2, 0) is 0 Å². The van der Waals surface area contributed by atoms with Crippen molar-refractivity contribution in [3.63, 3.8) is 0 Å². The second-order valence-corrected chi connectivity index (χ2v) is 6.70. The number of hydrogen-bond donors (Lipinski definition) is 1. The molecule has 29 heavy (non-hydrogen) atoms. The molecule has 0 spiro atoms. The summed E-state index contributed by atoms with van der Waals surface area (Å²) in [6.07, 6.45) is 1.48. The quantitative estimate of drug-likeness (QED) is 0.725. The first-order chi connectivity index (χ1) is 14.0. The maximum absolute atomic E-state index is 13.9. The number of aryl methyl sites for hydroxylation is 1. The number of aromatic nitrogens is 2. The van der Waals surface area contributed by atoms with Crippen LogP contribution in [0.1, 0.15) is 16.2 Å². The zero-order valence-corrected chi connectivity index (χ0v) is 15.7. The minimum Gasteiger partial charge on any atom is -0.459 e. The Morgan fingerprint density at radius 1 is 1.10 bits per heavy atom. The van der Waals surface area contributed by atoms with E-state index in [9.17, 15) is 13.6 Å². The molecule has 1 aliphatic rings. The maximum atomic E-state index is 13.9. The normalized spacial score (nSPS) is 14.2. The van der Waals surface area contributed by atoms with E-state index in [4.69, 9.17) is 4.42 Å². The first kappa shape index (κ1) is 18.9. The molecule has 1 amide bonds. The minimum atomic E-state index is -0.721. The summed E-state index contributed by atoms with van der Waals surface area (Å²) in [7, 11) is 0. The fraction of sp³-hybridized carbons (Fsp3) is 0.250. The lowest BCUT2D eigenvalue weighted by Gasteiger charge is -2.35. The molecule has 3 heterocycles. The van der Waals surface area contributed by atoms with Gasteiger partial charge in [0.2, 0.25) is 5.95 Å². The number of nitrogens with zero attached hydrogens (tertiary/aromatic N) is 4. The van der Waals surface area contributed by atoms with Gasteiger partial charge in [-0.2, -0.15) is 4.98 Å². The molecule has 2 aromatic heterocycles. The van der Waals surface area contributed by atoms with E-state index in [0.29, 0.717) is 43.5 Å². The molecule has 0 bridgehead atoms. The summed E-state index contributed by atoms with van der Waals surface area (Å²) in [5.41, 5.74) is 0.797. The van der Waals surface area contributed by atoms with Crippen molar-refractivity contribution in [2.45, 2.75) is 6.92 Å². The van der Waals surface area contributed by atoms with E-state index < -0.39 is 11.6 Å². The highest BCUT2D eigenvalue weighted by molar-refractivity contribution is 5.91. The van der Waals surface area contributed by atoms with E-state index in [0.717, 1.165) is 12.1 Å². The predicted molar refractivity (Wildman–Crippen MR) is 103 cm³/mol. The molecule has 0 unspecified atom stereocenters. The Balaban J connectivity index is 1.46. The number of nitrogens with one attached hydrogen (secondary N) is 1. The molecule has 0 aliphatic carbocycles. The van der Waals surface area contributed by atoms with E-state index in [1.807, 2.05) is 17.9 Å². The van der Waals surface area contributed by atoms with Gasteiger partial charge in [0, 0.05) is 44.0 Å². The SMILES string of the molecule is Cc1cc(N2CCN(C(=O)c3ccco3)CC2)nc(Nc2ccc(F)cc2F)n1. The highest BCUT2D eigenvalue weighted by atomic mass is 19.1. The van der Waals surface area contributed by atoms with E-state index in [-0.39, 0.29) is 17.5 Å². The molecular formula is C20H19F2N5O2. The van der Waals surface area contributed by atoms with Gasteiger partial charge in [0.15, 0.2) is 5.76 Å². The van der Waals surface area contributed by atoms with Gasteiger partial charge >= 0.3 is 0 Å². The number of rotatable bonds is 4. The second kappa shape index (κ2) is 7.86. The molecule has 1 aromatic carbocycles. The van der Waals surface area contributed by atoms with Crippen molar-refractivity contribution in [1.82, 2.24) is 14.9 Å². The Bertz CT molecular complexity index is 1020. The van der Waals surface area contributed by atoms with Gasteiger partial charge in [-0.15, -0.1) is 0 Å². The van der Waals surface area contributed by atoms with Crippen LogP contribution in [0.4, 0.5) is 26.2 Å². The fourth-order valence-corrected chi connectivity index (χ4v) is 3.18. The predicted octanol–water partition coefficient (Wildman–Crippen LogP) is 3.36. The van der Waals surface area contributed by atoms with Crippen molar-refractivity contribution in [2.75, 3.05) is 36.4 Å². The van der Waals surface area contributed by atoms with Crippen molar-refractivity contribution in [3.05, 3.63) is 65.7 Å². The molecule has 7 nitrogen and oxygen atoms in total. The topological polar surface area (TPSA) is 74.5 Å². The summed E-state index contributed by atoms with van der Waals surface area (Å²) in [4.78, 5) is 24.9.